The van der Waals surface area contributed by atoms with Crippen molar-refractivity contribution in [2.24, 2.45) is 0 Å². The van der Waals surface area contributed by atoms with Crippen LogP contribution < -0.4 is 4.74 Å². The van der Waals surface area contributed by atoms with Crippen LogP contribution >= 0.6 is 0 Å². The maximum Gasteiger partial charge on any atom is 0.234 e. The highest BCUT2D eigenvalue weighted by Gasteiger charge is 2.37. The van der Waals surface area contributed by atoms with Gasteiger partial charge >= 0.3 is 0 Å². The molecule has 0 radical (unpaired) electrons. The third kappa shape index (κ3) is 3.85. The molecule has 1 fully saturated rings. The molecule has 4 heteroatoms. The van der Waals surface area contributed by atoms with Gasteiger partial charge in [-0.05, 0) is 24.1 Å². The van der Waals surface area contributed by atoms with Crippen LogP contribution in [0.1, 0.15) is 22.7 Å². The topological polar surface area (TPSA) is 42.4 Å². The number of hydrogen-bond acceptors (Lipinski definition) is 3. The smallest absolute Gasteiger partial charge is 0.234 e. The maximum atomic E-state index is 13.2. The Morgan fingerprint density at radius 1 is 0.926 bits per heavy atom. The number of carbonyl (C=O) groups excluding carboxylic acids is 1. The van der Waals surface area contributed by atoms with Crippen molar-refractivity contribution in [1.82, 2.24) is 9.88 Å². The molecule has 0 bridgehead atoms. The van der Waals surface area contributed by atoms with Gasteiger partial charge in [0.1, 0.15) is 6.10 Å². The van der Waals surface area contributed by atoms with Crippen molar-refractivity contribution in [2.75, 3.05) is 13.1 Å². The number of pyridine rings is 1. The van der Waals surface area contributed by atoms with Gasteiger partial charge in [0.05, 0.1) is 19.0 Å². The minimum absolute atomic E-state index is 0.00422. The molecule has 0 N–H and O–H groups in total. The number of nitrogens with zero attached hydrogens (tertiary/aromatic N) is 2. The highest BCUT2D eigenvalue weighted by atomic mass is 16.5. The third-order valence-corrected chi connectivity index (χ3v) is 4.82. The van der Waals surface area contributed by atoms with Crippen LogP contribution in [0.2, 0.25) is 0 Å². The summed E-state index contributed by atoms with van der Waals surface area (Å²) in [6, 6.07) is 25.6. The first-order chi connectivity index (χ1) is 13.2. The van der Waals surface area contributed by atoms with E-state index in [9.17, 15) is 4.79 Å². The molecule has 0 saturated carbocycles. The first-order valence-electron chi connectivity index (χ1n) is 9.20. The Balaban J connectivity index is 1.47. The Bertz CT molecular complexity index is 866. The van der Waals surface area contributed by atoms with Crippen molar-refractivity contribution in [3.05, 3.63) is 95.7 Å². The first-order valence-corrected chi connectivity index (χ1v) is 9.20. The van der Waals surface area contributed by atoms with E-state index in [0.29, 0.717) is 19.0 Å². The summed E-state index contributed by atoms with van der Waals surface area (Å²) in [5, 5.41) is 0. The predicted molar refractivity (Wildman–Crippen MR) is 105 cm³/mol. The van der Waals surface area contributed by atoms with E-state index in [1.54, 1.807) is 0 Å². The van der Waals surface area contributed by atoms with Crippen molar-refractivity contribution in [3.63, 3.8) is 0 Å². The lowest BCUT2D eigenvalue weighted by Crippen LogP contribution is -2.57. The highest BCUT2D eigenvalue weighted by molar-refractivity contribution is 5.88. The number of carbonyl (C=O) groups is 1. The Morgan fingerprint density at radius 3 is 2.07 bits per heavy atom. The summed E-state index contributed by atoms with van der Waals surface area (Å²) >= 11 is 0. The van der Waals surface area contributed by atoms with Gasteiger partial charge < -0.3 is 9.64 Å². The fourth-order valence-electron chi connectivity index (χ4n) is 3.40. The molecule has 0 unspecified atom stereocenters. The van der Waals surface area contributed by atoms with E-state index >= 15 is 0 Å². The van der Waals surface area contributed by atoms with Crippen LogP contribution in [-0.4, -0.2) is 35.0 Å². The second-order valence-electron chi connectivity index (χ2n) is 6.85. The number of hydrogen-bond donors (Lipinski definition) is 0. The number of aromatic nitrogens is 1. The van der Waals surface area contributed by atoms with Crippen molar-refractivity contribution in [2.45, 2.75) is 18.9 Å². The summed E-state index contributed by atoms with van der Waals surface area (Å²) in [7, 11) is 0. The zero-order valence-corrected chi connectivity index (χ0v) is 15.3. The van der Waals surface area contributed by atoms with E-state index in [-0.39, 0.29) is 17.9 Å². The van der Waals surface area contributed by atoms with Crippen molar-refractivity contribution in [3.8, 4) is 5.88 Å². The molecule has 4 rings (SSSR count). The molecular formula is C23H22N2O2. The molecule has 1 aliphatic heterocycles. The number of amides is 1. The molecule has 1 saturated heterocycles. The van der Waals surface area contributed by atoms with Gasteiger partial charge in [0.15, 0.2) is 0 Å². The summed E-state index contributed by atoms with van der Waals surface area (Å²) in [5.41, 5.74) is 2.95. The quantitative estimate of drug-likeness (QED) is 0.696. The molecule has 1 amide bonds. The monoisotopic (exact) mass is 358 g/mol. The molecule has 3 aromatic rings. The number of ether oxygens (including phenoxy) is 1. The molecule has 2 heterocycles. The maximum absolute atomic E-state index is 13.2. The Hall–Kier alpha value is -3.14. The lowest BCUT2D eigenvalue weighted by Gasteiger charge is -2.40. The average molecular weight is 358 g/mol. The van der Waals surface area contributed by atoms with E-state index in [1.807, 2.05) is 90.7 Å². The minimum atomic E-state index is -0.287. The van der Waals surface area contributed by atoms with Gasteiger partial charge in [0, 0.05) is 11.8 Å². The van der Waals surface area contributed by atoms with Gasteiger partial charge in [-0.3, -0.25) is 4.79 Å². The average Bonchev–Trinajstić information content (AvgIpc) is 2.66. The van der Waals surface area contributed by atoms with Crippen LogP contribution in [0, 0.1) is 6.92 Å². The van der Waals surface area contributed by atoms with E-state index < -0.39 is 0 Å². The minimum Gasteiger partial charge on any atom is -0.471 e. The number of rotatable bonds is 5. The van der Waals surface area contributed by atoms with Gasteiger partial charge in [0.2, 0.25) is 11.8 Å². The normalized spacial score (nSPS) is 14.1. The van der Waals surface area contributed by atoms with Gasteiger partial charge in [-0.15, -0.1) is 0 Å². The zero-order valence-electron chi connectivity index (χ0n) is 15.3. The first kappa shape index (κ1) is 17.3. The second-order valence-corrected chi connectivity index (χ2v) is 6.85. The van der Waals surface area contributed by atoms with E-state index in [0.717, 1.165) is 16.8 Å². The molecule has 1 aromatic heterocycles. The van der Waals surface area contributed by atoms with Crippen LogP contribution in [0.3, 0.4) is 0 Å². The molecule has 0 spiro atoms. The van der Waals surface area contributed by atoms with Gasteiger partial charge in [0.25, 0.3) is 0 Å². The second kappa shape index (κ2) is 7.62. The van der Waals surface area contributed by atoms with Crippen LogP contribution in [0.4, 0.5) is 0 Å². The molecule has 1 aliphatic rings. The predicted octanol–water partition coefficient (Wildman–Crippen LogP) is 3.81. The van der Waals surface area contributed by atoms with Crippen LogP contribution in [0.25, 0.3) is 0 Å². The largest absolute Gasteiger partial charge is 0.471 e. The number of likely N-dealkylation sites (tertiary alicyclic amines) is 1. The van der Waals surface area contributed by atoms with Gasteiger partial charge in [-0.25, -0.2) is 4.98 Å². The van der Waals surface area contributed by atoms with Crippen LogP contribution in [-0.2, 0) is 4.79 Å². The fraction of sp³-hybridized carbons (Fsp3) is 0.217. The lowest BCUT2D eigenvalue weighted by atomic mass is 9.89. The van der Waals surface area contributed by atoms with Crippen LogP contribution in [0.5, 0.6) is 5.88 Å². The zero-order chi connectivity index (χ0) is 18.6. The standard InChI is InChI=1S/C23H22N2O2/c1-17-9-8-14-21(24-17)27-20-15-25(16-20)23(26)22(18-10-4-2-5-11-18)19-12-6-3-7-13-19/h2-14,20,22H,15-16H2,1H3. The Kier molecular flexibility index (Phi) is 4.88. The van der Waals surface area contributed by atoms with Crippen molar-refractivity contribution in [1.29, 1.82) is 0 Å². The third-order valence-electron chi connectivity index (χ3n) is 4.82. The summed E-state index contributed by atoms with van der Waals surface area (Å²) in [5.74, 6) is 0.449. The molecule has 2 aromatic carbocycles. The summed E-state index contributed by atoms with van der Waals surface area (Å²) in [6.45, 7) is 3.11. The SMILES string of the molecule is Cc1cccc(OC2CN(C(=O)C(c3ccccc3)c3ccccc3)C2)n1. The van der Waals surface area contributed by atoms with Crippen LogP contribution in [0.15, 0.2) is 78.9 Å². The van der Waals surface area contributed by atoms with E-state index in [2.05, 4.69) is 4.98 Å². The molecule has 0 aliphatic carbocycles. The Morgan fingerprint density at radius 2 is 1.52 bits per heavy atom. The van der Waals surface area contributed by atoms with Crippen molar-refractivity contribution < 1.29 is 9.53 Å². The van der Waals surface area contributed by atoms with E-state index in [4.69, 9.17) is 4.74 Å². The molecular weight excluding hydrogens is 336 g/mol. The molecule has 0 atom stereocenters. The molecule has 136 valence electrons. The van der Waals surface area contributed by atoms with Gasteiger partial charge in [-0.1, -0.05) is 66.7 Å². The highest BCUT2D eigenvalue weighted by Crippen LogP contribution is 2.29. The molecule has 4 nitrogen and oxygen atoms in total. The Labute approximate surface area is 159 Å². The summed E-state index contributed by atoms with van der Waals surface area (Å²) < 4.78 is 5.90. The molecule has 27 heavy (non-hydrogen) atoms. The fourth-order valence-corrected chi connectivity index (χ4v) is 3.40. The summed E-state index contributed by atoms with van der Waals surface area (Å²) in [6.07, 6.45) is -0.00422. The van der Waals surface area contributed by atoms with Crippen molar-refractivity contribution >= 4 is 5.91 Å². The number of benzene rings is 2. The lowest BCUT2D eigenvalue weighted by molar-refractivity contribution is -0.140. The van der Waals surface area contributed by atoms with E-state index in [1.165, 1.54) is 0 Å². The van der Waals surface area contributed by atoms with Gasteiger partial charge in [-0.2, -0.15) is 0 Å². The summed E-state index contributed by atoms with van der Waals surface area (Å²) in [4.78, 5) is 19.5. The number of aryl methyl sites for hydroxylation is 1.